The zero-order valence-corrected chi connectivity index (χ0v) is 10.3. The van der Waals surface area contributed by atoms with Gasteiger partial charge in [-0.2, -0.15) is 0 Å². The van der Waals surface area contributed by atoms with Crippen LogP contribution in [-0.2, 0) is 0 Å². The van der Waals surface area contributed by atoms with Crippen LogP contribution in [0.2, 0.25) is 0 Å². The molecule has 1 aliphatic heterocycles. The number of carbonyl (C=O) groups excluding carboxylic acids is 1. The number of amides is 1. The first-order valence-corrected chi connectivity index (χ1v) is 6.28. The number of benzene rings is 1. The molecule has 5 heteroatoms. The molecule has 5 nitrogen and oxygen atoms in total. The number of carbonyl (C=O) groups is 1. The lowest BCUT2D eigenvalue weighted by Crippen LogP contribution is -2.36. The molecule has 1 fully saturated rings. The third-order valence-corrected chi connectivity index (χ3v) is 3.25. The first-order valence-electron chi connectivity index (χ1n) is 6.28. The Bertz CT molecular complexity index is 672. The van der Waals surface area contributed by atoms with Crippen molar-refractivity contribution in [1.29, 1.82) is 0 Å². The molecule has 2 heterocycles. The van der Waals surface area contributed by atoms with Crippen LogP contribution in [0.4, 0.5) is 0 Å². The fourth-order valence-corrected chi connectivity index (χ4v) is 2.25. The molecule has 1 saturated heterocycles. The Kier molecular flexibility index (Phi) is 3.05. The van der Waals surface area contributed by atoms with Crippen molar-refractivity contribution in [3.8, 4) is 0 Å². The van der Waals surface area contributed by atoms with Crippen molar-refractivity contribution in [3.05, 3.63) is 46.3 Å². The predicted octanol–water partition coefficient (Wildman–Crippen LogP) is 0.885. The summed E-state index contributed by atoms with van der Waals surface area (Å²) in [5.74, 6) is -0.271. The van der Waals surface area contributed by atoms with Crippen molar-refractivity contribution in [2.75, 3.05) is 13.1 Å². The highest BCUT2D eigenvalue weighted by molar-refractivity contribution is 5.93. The summed E-state index contributed by atoms with van der Waals surface area (Å²) in [6.45, 7) is 1.65. The van der Waals surface area contributed by atoms with E-state index in [2.05, 4.69) is 10.6 Å². The zero-order valence-electron chi connectivity index (χ0n) is 10.3. The van der Waals surface area contributed by atoms with E-state index in [1.807, 2.05) is 0 Å². The van der Waals surface area contributed by atoms with Crippen molar-refractivity contribution >= 4 is 16.9 Å². The lowest BCUT2D eigenvalue weighted by molar-refractivity contribution is 0.0912. The van der Waals surface area contributed by atoms with Gasteiger partial charge in [-0.25, -0.2) is 0 Å². The predicted molar refractivity (Wildman–Crippen MR) is 71.2 cm³/mol. The fourth-order valence-electron chi connectivity index (χ4n) is 2.25. The van der Waals surface area contributed by atoms with Gasteiger partial charge in [-0.05, 0) is 25.1 Å². The molecule has 0 aliphatic carbocycles. The molecule has 0 bridgehead atoms. The lowest BCUT2D eigenvalue weighted by atomic mass is 10.2. The molecule has 0 saturated carbocycles. The Labute approximate surface area is 109 Å². The number of rotatable bonds is 2. The number of hydrogen-bond acceptors (Lipinski definition) is 4. The molecule has 2 aromatic rings. The molecule has 0 spiro atoms. The van der Waals surface area contributed by atoms with E-state index in [0.29, 0.717) is 11.0 Å². The first-order chi connectivity index (χ1) is 9.24. The van der Waals surface area contributed by atoms with Crippen molar-refractivity contribution < 1.29 is 9.21 Å². The summed E-state index contributed by atoms with van der Waals surface area (Å²) in [5.41, 5.74) is 0.237. The molecule has 19 heavy (non-hydrogen) atoms. The van der Waals surface area contributed by atoms with Crippen molar-refractivity contribution in [1.82, 2.24) is 10.6 Å². The van der Waals surface area contributed by atoms with Crippen molar-refractivity contribution in [2.24, 2.45) is 0 Å². The molecule has 1 unspecified atom stereocenters. The van der Waals surface area contributed by atoms with E-state index < -0.39 is 0 Å². The molecule has 3 rings (SSSR count). The average Bonchev–Trinajstić information content (AvgIpc) is 2.91. The highest BCUT2D eigenvalue weighted by atomic mass is 16.3. The van der Waals surface area contributed by atoms with Gasteiger partial charge in [0, 0.05) is 18.7 Å². The highest BCUT2D eigenvalue weighted by Gasteiger charge is 2.19. The monoisotopic (exact) mass is 258 g/mol. The Balaban J connectivity index is 1.91. The summed E-state index contributed by atoms with van der Waals surface area (Å²) < 4.78 is 5.48. The van der Waals surface area contributed by atoms with Crippen molar-refractivity contribution in [2.45, 2.75) is 12.5 Å². The third kappa shape index (κ3) is 2.37. The molecular formula is C14H14N2O3. The van der Waals surface area contributed by atoms with E-state index in [0.717, 1.165) is 19.5 Å². The number of nitrogens with one attached hydrogen (secondary N) is 2. The van der Waals surface area contributed by atoms with Gasteiger partial charge in [0.05, 0.1) is 5.39 Å². The maximum absolute atomic E-state index is 12.0. The maximum Gasteiger partial charge on any atom is 0.287 e. The van der Waals surface area contributed by atoms with Crippen LogP contribution in [0.1, 0.15) is 17.0 Å². The number of fused-ring (bicyclic) bond motifs is 1. The smallest absolute Gasteiger partial charge is 0.287 e. The summed E-state index contributed by atoms with van der Waals surface area (Å²) in [7, 11) is 0. The number of para-hydroxylation sites is 1. The van der Waals surface area contributed by atoms with Gasteiger partial charge in [-0.1, -0.05) is 12.1 Å². The van der Waals surface area contributed by atoms with E-state index in [4.69, 9.17) is 4.42 Å². The molecule has 1 aromatic carbocycles. The topological polar surface area (TPSA) is 71.3 Å². The quantitative estimate of drug-likeness (QED) is 0.839. The molecule has 1 aliphatic rings. The van der Waals surface area contributed by atoms with E-state index in [1.165, 1.54) is 6.07 Å². The van der Waals surface area contributed by atoms with Gasteiger partial charge in [-0.3, -0.25) is 9.59 Å². The summed E-state index contributed by atoms with van der Waals surface area (Å²) in [6.07, 6.45) is 0.892. The van der Waals surface area contributed by atoms with E-state index in [-0.39, 0.29) is 23.1 Å². The van der Waals surface area contributed by atoms with Crippen molar-refractivity contribution in [3.63, 3.8) is 0 Å². The van der Waals surface area contributed by atoms with Gasteiger partial charge in [0.1, 0.15) is 5.58 Å². The SMILES string of the molecule is O=C(NC1CCNC1)c1cc(=O)c2ccccc2o1. The largest absolute Gasteiger partial charge is 0.451 e. The standard InChI is InChI=1S/C14H14N2O3/c17-11-7-13(14(18)16-9-5-6-15-8-9)19-12-4-2-1-3-10(11)12/h1-4,7,9,15H,5-6,8H2,(H,16,18). The summed E-state index contributed by atoms with van der Waals surface area (Å²) in [6, 6.07) is 8.26. The van der Waals surface area contributed by atoms with E-state index >= 15 is 0 Å². The zero-order chi connectivity index (χ0) is 13.2. The maximum atomic E-state index is 12.0. The highest BCUT2D eigenvalue weighted by Crippen LogP contribution is 2.12. The fraction of sp³-hybridized carbons (Fsp3) is 0.286. The van der Waals surface area contributed by atoms with Gasteiger partial charge in [0.15, 0.2) is 11.2 Å². The minimum absolute atomic E-state index is 0.0654. The van der Waals surface area contributed by atoms with Crippen LogP contribution < -0.4 is 16.1 Å². The number of hydrogen-bond donors (Lipinski definition) is 2. The van der Waals surface area contributed by atoms with Crippen LogP contribution in [0.15, 0.2) is 39.5 Å². The molecule has 2 N–H and O–H groups in total. The Morgan fingerprint density at radius 1 is 1.37 bits per heavy atom. The summed E-state index contributed by atoms with van der Waals surface area (Å²) in [4.78, 5) is 23.9. The molecule has 1 aromatic heterocycles. The molecular weight excluding hydrogens is 244 g/mol. The second-order valence-electron chi connectivity index (χ2n) is 4.63. The van der Waals surface area contributed by atoms with Crippen LogP contribution in [0, 0.1) is 0 Å². The third-order valence-electron chi connectivity index (χ3n) is 3.25. The van der Waals surface area contributed by atoms with Gasteiger partial charge in [0.25, 0.3) is 5.91 Å². The van der Waals surface area contributed by atoms with Crippen LogP contribution in [-0.4, -0.2) is 25.0 Å². The van der Waals surface area contributed by atoms with E-state index in [1.54, 1.807) is 24.3 Å². The minimum atomic E-state index is -0.337. The summed E-state index contributed by atoms with van der Waals surface area (Å²) >= 11 is 0. The summed E-state index contributed by atoms with van der Waals surface area (Å²) in [5, 5.41) is 6.50. The van der Waals surface area contributed by atoms with Crippen LogP contribution in [0.3, 0.4) is 0 Å². The van der Waals surface area contributed by atoms with Crippen LogP contribution in [0.25, 0.3) is 11.0 Å². The lowest BCUT2D eigenvalue weighted by Gasteiger charge is -2.10. The first kappa shape index (κ1) is 11.9. The van der Waals surface area contributed by atoms with Crippen LogP contribution >= 0.6 is 0 Å². The van der Waals surface area contributed by atoms with Gasteiger partial charge in [0.2, 0.25) is 0 Å². The molecule has 1 amide bonds. The van der Waals surface area contributed by atoms with Gasteiger partial charge >= 0.3 is 0 Å². The van der Waals surface area contributed by atoms with Gasteiger partial charge in [-0.15, -0.1) is 0 Å². The second-order valence-corrected chi connectivity index (χ2v) is 4.63. The second kappa shape index (κ2) is 4.85. The molecule has 1 atom stereocenters. The Hall–Kier alpha value is -2.14. The molecule has 0 radical (unpaired) electrons. The normalized spacial score (nSPS) is 18.6. The molecule has 98 valence electrons. The Morgan fingerprint density at radius 2 is 2.21 bits per heavy atom. The average molecular weight is 258 g/mol. The van der Waals surface area contributed by atoms with Crippen LogP contribution in [0.5, 0.6) is 0 Å². The Morgan fingerprint density at radius 3 is 3.00 bits per heavy atom. The minimum Gasteiger partial charge on any atom is -0.451 e. The van der Waals surface area contributed by atoms with Gasteiger partial charge < -0.3 is 15.1 Å². The van der Waals surface area contributed by atoms with E-state index in [9.17, 15) is 9.59 Å².